The molecule has 5 fully saturated rings. The maximum absolute atomic E-state index is 10.3. The molecule has 4 heteroatoms. The van der Waals surface area contributed by atoms with Crippen LogP contribution in [-0.2, 0) is 9.47 Å². The van der Waals surface area contributed by atoms with Gasteiger partial charge in [0.25, 0.3) is 0 Å². The van der Waals surface area contributed by atoms with Crippen molar-refractivity contribution in [1.82, 2.24) is 0 Å². The monoisotopic (exact) mass is 296 g/mol. The second-order valence-corrected chi connectivity index (χ2v) is 7.95. The SMILES string of the molecule is O[C@H](COC1C2CC3CC(C2)CC1C3)C[NH+]1CCOCC1. The fourth-order valence-electron chi connectivity index (χ4n) is 5.63. The minimum absolute atomic E-state index is 0.310. The number of hydrogen-bond donors (Lipinski definition) is 2. The van der Waals surface area contributed by atoms with Gasteiger partial charge in [-0.2, -0.15) is 0 Å². The lowest BCUT2D eigenvalue weighted by atomic mass is 9.55. The van der Waals surface area contributed by atoms with Crippen molar-refractivity contribution in [3.05, 3.63) is 0 Å². The van der Waals surface area contributed by atoms with E-state index in [4.69, 9.17) is 9.47 Å². The quantitative estimate of drug-likeness (QED) is 0.756. The molecule has 1 heterocycles. The number of rotatable bonds is 5. The maximum Gasteiger partial charge on any atom is 0.126 e. The number of hydrogen-bond acceptors (Lipinski definition) is 3. The molecular formula is C17H30NO3+. The van der Waals surface area contributed by atoms with E-state index in [-0.39, 0.29) is 6.10 Å². The van der Waals surface area contributed by atoms with Crippen molar-refractivity contribution in [3.63, 3.8) is 0 Å². The lowest BCUT2D eigenvalue weighted by Gasteiger charge is -2.54. The van der Waals surface area contributed by atoms with Crippen molar-refractivity contribution in [3.8, 4) is 0 Å². The van der Waals surface area contributed by atoms with Crippen LogP contribution < -0.4 is 4.90 Å². The smallest absolute Gasteiger partial charge is 0.126 e. The highest BCUT2D eigenvalue weighted by Gasteiger charge is 2.48. The Morgan fingerprint density at radius 1 is 1.00 bits per heavy atom. The molecule has 0 aromatic rings. The van der Waals surface area contributed by atoms with E-state index in [1.807, 2.05) is 0 Å². The van der Waals surface area contributed by atoms with E-state index in [1.54, 1.807) is 0 Å². The molecule has 1 aliphatic heterocycles. The summed E-state index contributed by atoms with van der Waals surface area (Å²) in [6.45, 7) is 5.06. The molecule has 0 spiro atoms. The first-order valence-corrected chi connectivity index (χ1v) is 8.99. The van der Waals surface area contributed by atoms with Crippen LogP contribution >= 0.6 is 0 Å². The van der Waals surface area contributed by atoms with Crippen LogP contribution in [-0.4, -0.2) is 56.8 Å². The summed E-state index contributed by atoms with van der Waals surface area (Å²) < 4.78 is 11.6. The van der Waals surface area contributed by atoms with Crippen LogP contribution in [0.1, 0.15) is 32.1 Å². The van der Waals surface area contributed by atoms with E-state index in [1.165, 1.54) is 37.0 Å². The van der Waals surface area contributed by atoms with E-state index in [0.29, 0.717) is 12.7 Å². The van der Waals surface area contributed by atoms with Crippen molar-refractivity contribution < 1.29 is 19.5 Å². The fourth-order valence-corrected chi connectivity index (χ4v) is 5.63. The van der Waals surface area contributed by atoms with E-state index in [9.17, 15) is 5.11 Å². The summed E-state index contributed by atoms with van der Waals surface area (Å²) in [5.74, 6) is 3.58. The van der Waals surface area contributed by atoms with E-state index >= 15 is 0 Å². The Hall–Kier alpha value is -0.160. The number of ether oxygens (including phenoxy) is 2. The summed E-state index contributed by atoms with van der Waals surface area (Å²) in [6, 6.07) is 0. The predicted octanol–water partition coefficient (Wildman–Crippen LogP) is 0.104. The third-order valence-electron chi connectivity index (χ3n) is 6.35. The Kier molecular flexibility index (Phi) is 4.23. The van der Waals surface area contributed by atoms with Gasteiger partial charge in [-0.25, -0.2) is 0 Å². The predicted molar refractivity (Wildman–Crippen MR) is 79.2 cm³/mol. The van der Waals surface area contributed by atoms with Crippen LogP contribution in [0, 0.1) is 23.7 Å². The number of aliphatic hydroxyl groups excluding tert-OH is 1. The summed E-state index contributed by atoms with van der Waals surface area (Å²) in [7, 11) is 0. The number of quaternary nitrogens is 1. The Morgan fingerprint density at radius 2 is 1.62 bits per heavy atom. The molecule has 4 saturated carbocycles. The Balaban J connectivity index is 1.25. The molecule has 120 valence electrons. The molecule has 21 heavy (non-hydrogen) atoms. The van der Waals surface area contributed by atoms with Gasteiger partial charge in [0.15, 0.2) is 0 Å². The fraction of sp³-hybridized carbons (Fsp3) is 1.00. The minimum atomic E-state index is -0.310. The Labute approximate surface area is 127 Å². The van der Waals surface area contributed by atoms with Crippen molar-refractivity contribution in [2.45, 2.75) is 44.3 Å². The van der Waals surface area contributed by atoms with E-state index in [2.05, 4.69) is 0 Å². The molecule has 0 aromatic carbocycles. The summed E-state index contributed by atoms with van der Waals surface area (Å²) in [6.07, 6.45) is 7.20. The summed E-state index contributed by atoms with van der Waals surface area (Å²) in [5.41, 5.74) is 0. The van der Waals surface area contributed by atoms with Gasteiger partial charge in [-0.3, -0.25) is 0 Å². The Morgan fingerprint density at radius 3 is 2.24 bits per heavy atom. The highest BCUT2D eigenvalue weighted by Crippen LogP contribution is 2.54. The van der Waals surface area contributed by atoms with Crippen molar-refractivity contribution >= 4 is 0 Å². The second kappa shape index (κ2) is 6.15. The topological polar surface area (TPSA) is 43.1 Å². The molecule has 1 saturated heterocycles. The largest absolute Gasteiger partial charge is 0.385 e. The van der Waals surface area contributed by atoms with Crippen LogP contribution in [0.25, 0.3) is 0 Å². The number of morpholine rings is 1. The summed E-state index contributed by atoms with van der Waals surface area (Å²) >= 11 is 0. The van der Waals surface area contributed by atoms with Crippen LogP contribution in [0.2, 0.25) is 0 Å². The maximum atomic E-state index is 10.3. The minimum Gasteiger partial charge on any atom is -0.385 e. The molecule has 0 unspecified atom stereocenters. The van der Waals surface area contributed by atoms with Gasteiger partial charge >= 0.3 is 0 Å². The normalized spacial score (nSPS) is 44.1. The lowest BCUT2D eigenvalue weighted by molar-refractivity contribution is -0.911. The molecule has 4 aliphatic carbocycles. The van der Waals surface area contributed by atoms with Crippen LogP contribution in [0.5, 0.6) is 0 Å². The molecule has 2 N–H and O–H groups in total. The van der Waals surface area contributed by atoms with E-state index < -0.39 is 0 Å². The molecule has 5 aliphatic rings. The summed E-state index contributed by atoms with van der Waals surface area (Å²) in [4.78, 5) is 1.46. The zero-order chi connectivity index (χ0) is 14.2. The van der Waals surface area contributed by atoms with Crippen molar-refractivity contribution in [2.75, 3.05) is 39.5 Å². The molecule has 4 nitrogen and oxygen atoms in total. The third kappa shape index (κ3) is 3.14. The van der Waals surface area contributed by atoms with Gasteiger partial charge in [0.2, 0.25) is 0 Å². The van der Waals surface area contributed by atoms with Crippen LogP contribution in [0.3, 0.4) is 0 Å². The third-order valence-corrected chi connectivity index (χ3v) is 6.35. The second-order valence-electron chi connectivity index (χ2n) is 7.95. The van der Waals surface area contributed by atoms with Gasteiger partial charge in [-0.1, -0.05) is 0 Å². The van der Waals surface area contributed by atoms with Gasteiger partial charge in [0.1, 0.15) is 25.7 Å². The highest BCUT2D eigenvalue weighted by atomic mass is 16.5. The van der Waals surface area contributed by atoms with Gasteiger partial charge in [0, 0.05) is 0 Å². The molecule has 1 atom stereocenters. The molecule has 0 amide bonds. The average molecular weight is 296 g/mol. The van der Waals surface area contributed by atoms with Gasteiger partial charge in [-0.05, 0) is 55.8 Å². The molecule has 4 bridgehead atoms. The molecule has 0 aromatic heterocycles. The summed E-state index contributed by atoms with van der Waals surface area (Å²) in [5, 5.41) is 10.3. The standard InChI is InChI=1S/C17H29NO3/c19-16(10-18-1-3-20-4-2-18)11-21-17-14-6-12-5-13(8-14)9-15(17)7-12/h12-17,19H,1-11H2/p+1/t12?,13?,14?,15?,16-,17?/m0/s1. The number of aliphatic hydroxyl groups is 1. The van der Waals surface area contributed by atoms with Gasteiger partial charge in [-0.15, -0.1) is 0 Å². The molecule has 5 rings (SSSR count). The van der Waals surface area contributed by atoms with Crippen molar-refractivity contribution in [1.29, 1.82) is 0 Å². The molecule has 0 radical (unpaired) electrons. The zero-order valence-corrected chi connectivity index (χ0v) is 13.0. The first kappa shape index (κ1) is 14.4. The van der Waals surface area contributed by atoms with Crippen LogP contribution in [0.4, 0.5) is 0 Å². The first-order chi connectivity index (χ1) is 10.3. The van der Waals surface area contributed by atoms with Crippen LogP contribution in [0.15, 0.2) is 0 Å². The average Bonchev–Trinajstić information content (AvgIpc) is 2.47. The lowest BCUT2D eigenvalue weighted by Crippen LogP contribution is -3.15. The first-order valence-electron chi connectivity index (χ1n) is 8.99. The molecular weight excluding hydrogens is 266 g/mol. The zero-order valence-electron chi connectivity index (χ0n) is 13.0. The highest BCUT2D eigenvalue weighted by molar-refractivity contribution is 4.99. The number of nitrogens with one attached hydrogen (secondary N) is 1. The van der Waals surface area contributed by atoms with Gasteiger partial charge < -0.3 is 19.5 Å². The van der Waals surface area contributed by atoms with Crippen molar-refractivity contribution in [2.24, 2.45) is 23.7 Å². The van der Waals surface area contributed by atoms with Gasteiger partial charge in [0.05, 0.1) is 25.9 Å². The Bertz CT molecular complexity index is 328. The van der Waals surface area contributed by atoms with E-state index in [0.717, 1.165) is 56.5 Å².